The molecule has 0 saturated carbocycles. The van der Waals surface area contributed by atoms with E-state index < -0.39 is 6.41 Å². The summed E-state index contributed by atoms with van der Waals surface area (Å²) in [6.45, 7) is 13.9. The first-order valence-corrected chi connectivity index (χ1v) is 8.46. The zero-order valence-corrected chi connectivity index (χ0v) is 15.0. The van der Waals surface area contributed by atoms with Crippen LogP contribution < -0.4 is 4.90 Å². The number of nitrogens with zero attached hydrogens (tertiary/aromatic N) is 3. The monoisotopic (exact) mass is 319 g/mol. The third kappa shape index (κ3) is 3.67. The van der Waals surface area contributed by atoms with Gasteiger partial charge in [-0.3, -0.25) is 9.88 Å². The van der Waals surface area contributed by atoms with E-state index in [2.05, 4.69) is 26.9 Å². The molecule has 2 fully saturated rings. The minimum atomic E-state index is -0.797. The summed E-state index contributed by atoms with van der Waals surface area (Å²) in [4.78, 5) is 8.93. The first-order chi connectivity index (χ1) is 10.7. The van der Waals surface area contributed by atoms with Crippen molar-refractivity contribution in [3.8, 4) is 0 Å². The molecule has 0 bridgehead atoms. The Morgan fingerprint density at radius 2 is 1.78 bits per heavy atom. The summed E-state index contributed by atoms with van der Waals surface area (Å²) in [7, 11) is 0. The molecule has 1 N–H and O–H groups in total. The summed E-state index contributed by atoms with van der Waals surface area (Å²) in [6, 6.07) is 4.31. The van der Waals surface area contributed by atoms with Crippen LogP contribution in [0.5, 0.6) is 0 Å². The Labute approximate surface area is 139 Å². The highest BCUT2D eigenvalue weighted by Crippen LogP contribution is 2.42. The smallest absolute Gasteiger partial charge is 0.216 e. The van der Waals surface area contributed by atoms with Crippen LogP contribution in [0.1, 0.15) is 38.6 Å². The molecule has 3 rings (SSSR count). The van der Waals surface area contributed by atoms with Gasteiger partial charge in [0, 0.05) is 48.7 Å². The van der Waals surface area contributed by atoms with Crippen LogP contribution in [-0.4, -0.2) is 53.2 Å². The van der Waals surface area contributed by atoms with E-state index in [1.807, 2.05) is 34.6 Å². The Kier molecular flexibility index (Phi) is 4.15. The Bertz CT molecular complexity index is 556. The predicted octanol–water partition coefficient (Wildman–Crippen LogP) is 2.30. The van der Waals surface area contributed by atoms with Gasteiger partial charge < -0.3 is 14.7 Å². The summed E-state index contributed by atoms with van der Waals surface area (Å²) in [5.74, 6) is 0. The Balaban J connectivity index is 1.58. The molecule has 5 nitrogen and oxygen atoms in total. The molecule has 0 amide bonds. The maximum absolute atomic E-state index is 10.3. The third-order valence-corrected chi connectivity index (χ3v) is 4.72. The number of pyridine rings is 1. The molecule has 0 aromatic carbocycles. The molecular weight excluding hydrogens is 290 g/mol. The van der Waals surface area contributed by atoms with Crippen molar-refractivity contribution >= 4 is 5.69 Å². The predicted molar refractivity (Wildman–Crippen MR) is 91.4 cm³/mol. The van der Waals surface area contributed by atoms with Crippen molar-refractivity contribution in [2.45, 2.75) is 53.1 Å². The molecule has 2 aliphatic rings. The van der Waals surface area contributed by atoms with Crippen molar-refractivity contribution in [3.05, 3.63) is 23.5 Å². The number of hydrogen-bond acceptors (Lipinski definition) is 5. The van der Waals surface area contributed by atoms with E-state index in [1.165, 1.54) is 5.69 Å². The van der Waals surface area contributed by atoms with Gasteiger partial charge in [-0.25, -0.2) is 0 Å². The fourth-order valence-corrected chi connectivity index (χ4v) is 3.75. The van der Waals surface area contributed by atoms with E-state index in [1.54, 1.807) is 0 Å². The van der Waals surface area contributed by atoms with Crippen LogP contribution in [0.25, 0.3) is 0 Å². The summed E-state index contributed by atoms with van der Waals surface area (Å²) >= 11 is 0. The zero-order chi connectivity index (χ0) is 16.8. The molecule has 0 aliphatic carbocycles. The molecule has 0 radical (unpaired) electrons. The largest absolute Gasteiger partial charge is 0.370 e. The van der Waals surface area contributed by atoms with Gasteiger partial charge >= 0.3 is 0 Å². The third-order valence-electron chi connectivity index (χ3n) is 4.72. The number of anilines is 1. The average molecular weight is 319 g/mol. The first kappa shape index (κ1) is 16.7. The molecule has 1 aromatic rings. The van der Waals surface area contributed by atoms with E-state index in [0.717, 1.165) is 44.0 Å². The second kappa shape index (κ2) is 5.72. The van der Waals surface area contributed by atoms with Crippen LogP contribution in [0.4, 0.5) is 5.69 Å². The van der Waals surface area contributed by atoms with Crippen LogP contribution in [0.15, 0.2) is 12.1 Å². The van der Waals surface area contributed by atoms with Gasteiger partial charge in [0.25, 0.3) is 0 Å². The lowest BCUT2D eigenvalue weighted by Crippen LogP contribution is -2.58. The number of likely N-dealkylation sites (tertiary alicyclic amines) is 1. The van der Waals surface area contributed by atoms with Gasteiger partial charge in [0.2, 0.25) is 6.41 Å². The number of aliphatic hydroxyl groups excluding tert-OH is 1. The number of ether oxygens (including phenoxy) is 1. The molecule has 1 unspecified atom stereocenters. The van der Waals surface area contributed by atoms with Crippen molar-refractivity contribution in [1.82, 2.24) is 9.88 Å². The molecule has 2 aliphatic heterocycles. The van der Waals surface area contributed by atoms with Crippen LogP contribution in [-0.2, 0) is 4.74 Å². The summed E-state index contributed by atoms with van der Waals surface area (Å²) < 4.78 is 5.69. The van der Waals surface area contributed by atoms with Gasteiger partial charge in [0.15, 0.2) is 0 Å². The highest BCUT2D eigenvalue weighted by molar-refractivity contribution is 5.51. The second-order valence-electron chi connectivity index (χ2n) is 8.24. The number of hydrogen-bond donors (Lipinski definition) is 1. The van der Waals surface area contributed by atoms with Crippen molar-refractivity contribution in [2.75, 3.05) is 31.1 Å². The van der Waals surface area contributed by atoms with Crippen molar-refractivity contribution in [3.63, 3.8) is 0 Å². The maximum Gasteiger partial charge on any atom is 0.216 e. The molecule has 1 spiro atoms. The highest BCUT2D eigenvalue weighted by Gasteiger charge is 2.49. The molecule has 23 heavy (non-hydrogen) atoms. The lowest BCUT2D eigenvalue weighted by molar-refractivity contribution is -0.235. The summed E-state index contributed by atoms with van der Waals surface area (Å²) in [5.41, 5.74) is 3.39. The lowest BCUT2D eigenvalue weighted by Gasteiger charge is -2.50. The molecular formula is C18H29N3O2. The van der Waals surface area contributed by atoms with Gasteiger partial charge in [-0.2, -0.15) is 0 Å². The fourth-order valence-electron chi connectivity index (χ4n) is 3.75. The Hall–Kier alpha value is -1.17. The summed E-state index contributed by atoms with van der Waals surface area (Å²) in [6.07, 6.45) is 0.325. The quantitative estimate of drug-likeness (QED) is 0.866. The topological polar surface area (TPSA) is 48.8 Å². The second-order valence-corrected chi connectivity index (χ2v) is 8.24. The van der Waals surface area contributed by atoms with E-state index in [9.17, 15) is 5.11 Å². The van der Waals surface area contributed by atoms with Crippen molar-refractivity contribution in [1.29, 1.82) is 0 Å². The molecule has 3 heterocycles. The zero-order valence-electron chi connectivity index (χ0n) is 15.0. The number of aryl methyl sites for hydroxylation is 2. The van der Waals surface area contributed by atoms with Crippen LogP contribution in [0.3, 0.4) is 0 Å². The fraction of sp³-hybridized carbons (Fsp3) is 0.722. The van der Waals surface area contributed by atoms with Gasteiger partial charge in [0.05, 0.1) is 5.60 Å². The van der Waals surface area contributed by atoms with Gasteiger partial charge in [-0.15, -0.1) is 0 Å². The lowest BCUT2D eigenvalue weighted by atomic mass is 9.78. The highest BCUT2D eigenvalue weighted by atomic mass is 16.6. The van der Waals surface area contributed by atoms with Gasteiger partial charge in [-0.1, -0.05) is 0 Å². The van der Waals surface area contributed by atoms with Gasteiger partial charge in [-0.05, 0) is 53.2 Å². The average Bonchev–Trinajstić information content (AvgIpc) is 2.78. The minimum Gasteiger partial charge on any atom is -0.370 e. The molecule has 128 valence electrons. The minimum absolute atomic E-state index is 0.299. The van der Waals surface area contributed by atoms with E-state index in [-0.39, 0.29) is 5.60 Å². The van der Waals surface area contributed by atoms with Crippen molar-refractivity contribution < 1.29 is 9.84 Å². The summed E-state index contributed by atoms with van der Waals surface area (Å²) in [5, 5.41) is 10.3. The molecule has 1 atom stereocenters. The van der Waals surface area contributed by atoms with Crippen LogP contribution in [0.2, 0.25) is 0 Å². The van der Waals surface area contributed by atoms with Crippen molar-refractivity contribution in [2.24, 2.45) is 5.41 Å². The molecule has 1 aromatic heterocycles. The normalized spacial score (nSPS) is 22.4. The van der Waals surface area contributed by atoms with E-state index >= 15 is 0 Å². The number of aliphatic hydroxyl groups is 1. The van der Waals surface area contributed by atoms with E-state index in [4.69, 9.17) is 4.74 Å². The maximum atomic E-state index is 10.3. The van der Waals surface area contributed by atoms with E-state index in [0.29, 0.717) is 5.41 Å². The number of rotatable bonds is 3. The standard InChI is InChI=1S/C18H29N3O2/c1-13-8-15(9-14(2)19-13)21-11-18(12-21)6-7-20(10-18)16(22)23-17(3,4)5/h8-9,16,22H,6-7,10-12H2,1-5H3. The first-order valence-electron chi connectivity index (χ1n) is 8.46. The molecule has 5 heteroatoms. The Morgan fingerprint density at radius 3 is 2.35 bits per heavy atom. The Morgan fingerprint density at radius 1 is 1.17 bits per heavy atom. The van der Waals surface area contributed by atoms with Crippen LogP contribution >= 0.6 is 0 Å². The van der Waals surface area contributed by atoms with Gasteiger partial charge in [0.1, 0.15) is 0 Å². The molecule has 2 saturated heterocycles. The number of aromatic nitrogens is 1. The SMILES string of the molecule is Cc1cc(N2CC3(CCN(C(O)OC(C)(C)C)C3)C2)cc(C)n1. The van der Waals surface area contributed by atoms with Crippen LogP contribution in [0, 0.1) is 19.3 Å².